The highest BCUT2D eigenvalue weighted by atomic mass is 79.9. The predicted octanol–water partition coefficient (Wildman–Crippen LogP) is 3.87. The number of rotatable bonds is 3. The standard InChI is InChI=1S/C13H10BrN3O2S2/c1-2-9-16-17-13(21-9)10-11(18)7(20-12(10)15)5-6-3-4-8(14)19-6/h3-5,10,15H,2H2,1H3/b7-5-,15-12?/t10-/m0/s1. The van der Waals surface area contributed by atoms with Crippen LogP contribution in [0.2, 0.25) is 0 Å². The molecule has 0 bridgehead atoms. The predicted molar refractivity (Wildman–Crippen MR) is 86.7 cm³/mol. The average Bonchev–Trinajstić information content (AvgIpc) is 3.12. The van der Waals surface area contributed by atoms with Gasteiger partial charge in [0.1, 0.15) is 21.7 Å². The first-order valence-electron chi connectivity index (χ1n) is 6.18. The summed E-state index contributed by atoms with van der Waals surface area (Å²) in [5.41, 5.74) is 0. The molecule has 0 radical (unpaired) electrons. The molecule has 3 rings (SSSR count). The number of thioether (sulfide) groups is 1. The van der Waals surface area contributed by atoms with E-state index in [9.17, 15) is 4.79 Å². The summed E-state index contributed by atoms with van der Waals surface area (Å²) in [5.74, 6) is -0.147. The topological polar surface area (TPSA) is 79.8 Å². The first-order valence-corrected chi connectivity index (χ1v) is 8.61. The molecular weight excluding hydrogens is 374 g/mol. The quantitative estimate of drug-likeness (QED) is 0.813. The highest BCUT2D eigenvalue weighted by molar-refractivity contribution is 9.10. The Labute approximate surface area is 137 Å². The third kappa shape index (κ3) is 2.88. The van der Waals surface area contributed by atoms with Crippen molar-refractivity contribution in [3.63, 3.8) is 0 Å². The highest BCUT2D eigenvalue weighted by Gasteiger charge is 2.39. The molecule has 1 aliphatic rings. The normalized spacial score (nSPS) is 20.7. The molecule has 0 unspecified atom stereocenters. The van der Waals surface area contributed by atoms with Crippen molar-refractivity contribution < 1.29 is 9.21 Å². The van der Waals surface area contributed by atoms with Crippen LogP contribution in [0.3, 0.4) is 0 Å². The lowest BCUT2D eigenvalue weighted by molar-refractivity contribution is -0.114. The number of aromatic nitrogens is 2. The molecule has 21 heavy (non-hydrogen) atoms. The number of carbonyl (C=O) groups is 1. The van der Waals surface area contributed by atoms with Gasteiger partial charge in [0.05, 0.1) is 9.95 Å². The van der Waals surface area contributed by atoms with E-state index < -0.39 is 5.92 Å². The maximum Gasteiger partial charge on any atom is 0.186 e. The van der Waals surface area contributed by atoms with E-state index in [1.807, 2.05) is 6.92 Å². The highest BCUT2D eigenvalue weighted by Crippen LogP contribution is 2.41. The number of aryl methyl sites for hydroxylation is 1. The second-order valence-corrected chi connectivity index (χ2v) is 7.26. The molecule has 1 saturated heterocycles. The van der Waals surface area contributed by atoms with Gasteiger partial charge in [-0.3, -0.25) is 10.2 Å². The Morgan fingerprint density at radius 1 is 1.48 bits per heavy atom. The summed E-state index contributed by atoms with van der Waals surface area (Å²) < 4.78 is 5.98. The fourth-order valence-corrected chi connectivity index (χ4v) is 4.13. The summed E-state index contributed by atoms with van der Waals surface area (Å²) in [6.45, 7) is 1.99. The molecule has 1 fully saturated rings. The minimum atomic E-state index is -0.613. The van der Waals surface area contributed by atoms with Crippen LogP contribution >= 0.6 is 39.0 Å². The third-order valence-corrected chi connectivity index (χ3v) is 5.44. The monoisotopic (exact) mass is 383 g/mol. The van der Waals surface area contributed by atoms with Crippen LogP contribution in [0.1, 0.15) is 28.6 Å². The Morgan fingerprint density at radius 3 is 2.90 bits per heavy atom. The minimum Gasteiger partial charge on any atom is -0.450 e. The maximum absolute atomic E-state index is 12.5. The van der Waals surface area contributed by atoms with Crippen LogP contribution in [-0.2, 0) is 11.2 Å². The zero-order valence-electron chi connectivity index (χ0n) is 10.9. The Bertz CT molecular complexity index is 750. The van der Waals surface area contributed by atoms with E-state index in [-0.39, 0.29) is 10.8 Å². The number of allylic oxidation sites excluding steroid dienone is 1. The van der Waals surface area contributed by atoms with Gasteiger partial charge in [0.25, 0.3) is 0 Å². The van der Waals surface area contributed by atoms with Crippen LogP contribution in [0.25, 0.3) is 6.08 Å². The first kappa shape index (κ1) is 14.7. The smallest absolute Gasteiger partial charge is 0.186 e. The van der Waals surface area contributed by atoms with Gasteiger partial charge in [-0.25, -0.2) is 0 Å². The number of nitrogens with zero attached hydrogens (tertiary/aromatic N) is 2. The molecule has 2 aromatic heterocycles. The third-order valence-electron chi connectivity index (χ3n) is 2.89. The van der Waals surface area contributed by atoms with Gasteiger partial charge in [0.15, 0.2) is 10.5 Å². The lowest BCUT2D eigenvalue weighted by Gasteiger charge is -2.00. The van der Waals surface area contributed by atoms with Crippen molar-refractivity contribution in [2.45, 2.75) is 19.3 Å². The Balaban J connectivity index is 1.90. The van der Waals surface area contributed by atoms with Crippen molar-refractivity contribution in [3.05, 3.63) is 37.5 Å². The largest absolute Gasteiger partial charge is 0.450 e. The molecule has 1 atom stereocenters. The van der Waals surface area contributed by atoms with E-state index in [4.69, 9.17) is 9.83 Å². The summed E-state index contributed by atoms with van der Waals surface area (Å²) in [6.07, 6.45) is 2.44. The van der Waals surface area contributed by atoms with Crippen molar-refractivity contribution in [2.24, 2.45) is 0 Å². The number of ketones is 1. The lowest BCUT2D eigenvalue weighted by Crippen LogP contribution is -2.11. The fourth-order valence-electron chi connectivity index (χ4n) is 1.88. The van der Waals surface area contributed by atoms with Gasteiger partial charge >= 0.3 is 0 Å². The van der Waals surface area contributed by atoms with Gasteiger partial charge in [-0.15, -0.1) is 21.5 Å². The van der Waals surface area contributed by atoms with Crippen LogP contribution in [0.15, 0.2) is 26.1 Å². The molecule has 0 saturated carbocycles. The molecular formula is C13H10BrN3O2S2. The van der Waals surface area contributed by atoms with Gasteiger partial charge in [0, 0.05) is 0 Å². The summed E-state index contributed by atoms with van der Waals surface area (Å²) >= 11 is 5.77. The van der Waals surface area contributed by atoms with Gasteiger partial charge in [-0.1, -0.05) is 18.7 Å². The van der Waals surface area contributed by atoms with Gasteiger partial charge in [0.2, 0.25) is 0 Å². The summed E-state index contributed by atoms with van der Waals surface area (Å²) in [6, 6.07) is 3.53. The van der Waals surface area contributed by atoms with Crippen LogP contribution in [0.4, 0.5) is 0 Å². The maximum atomic E-state index is 12.5. The molecule has 1 aliphatic heterocycles. The van der Waals surface area contributed by atoms with Crippen LogP contribution in [0.5, 0.6) is 0 Å². The SMILES string of the molecule is CCc1nnc([C@@H]2C(=N)S/C(=C\c3ccc(Br)o3)C2=O)s1. The second kappa shape index (κ2) is 5.86. The van der Waals surface area contributed by atoms with Crippen LogP contribution in [-0.4, -0.2) is 21.0 Å². The van der Waals surface area contributed by atoms with Crippen molar-refractivity contribution in [1.29, 1.82) is 5.41 Å². The molecule has 2 aromatic rings. The lowest BCUT2D eigenvalue weighted by atomic mass is 10.1. The summed E-state index contributed by atoms with van der Waals surface area (Å²) in [4.78, 5) is 13.0. The van der Waals surface area contributed by atoms with E-state index in [0.29, 0.717) is 20.3 Å². The number of hydrogen-bond donors (Lipinski definition) is 1. The minimum absolute atomic E-state index is 0.115. The Morgan fingerprint density at radius 2 is 2.29 bits per heavy atom. The molecule has 0 amide bonds. The van der Waals surface area contributed by atoms with Gasteiger partial charge in [-0.2, -0.15) is 0 Å². The van der Waals surface area contributed by atoms with Gasteiger partial charge < -0.3 is 4.42 Å². The molecule has 5 nitrogen and oxygen atoms in total. The zero-order chi connectivity index (χ0) is 15.0. The van der Waals surface area contributed by atoms with E-state index in [1.165, 1.54) is 11.3 Å². The molecule has 8 heteroatoms. The second-order valence-electron chi connectivity index (χ2n) is 4.30. The van der Waals surface area contributed by atoms with Crippen molar-refractivity contribution in [2.75, 3.05) is 0 Å². The molecule has 0 aliphatic carbocycles. The summed E-state index contributed by atoms with van der Waals surface area (Å²) in [5, 5.41) is 17.9. The Kier molecular flexibility index (Phi) is 4.10. The van der Waals surface area contributed by atoms with Crippen molar-refractivity contribution in [3.8, 4) is 0 Å². The molecule has 0 spiro atoms. The number of nitrogens with one attached hydrogen (secondary N) is 1. The number of halogens is 1. The summed E-state index contributed by atoms with van der Waals surface area (Å²) in [7, 11) is 0. The van der Waals surface area contributed by atoms with E-state index in [0.717, 1.165) is 23.2 Å². The number of carbonyl (C=O) groups excluding carboxylic acids is 1. The molecule has 3 heterocycles. The molecule has 0 aromatic carbocycles. The number of hydrogen-bond acceptors (Lipinski definition) is 7. The van der Waals surface area contributed by atoms with E-state index in [1.54, 1.807) is 18.2 Å². The van der Waals surface area contributed by atoms with Gasteiger partial charge in [-0.05, 0) is 40.6 Å². The molecule has 108 valence electrons. The van der Waals surface area contributed by atoms with Crippen molar-refractivity contribution in [1.82, 2.24) is 10.2 Å². The fraction of sp³-hybridized carbons (Fsp3) is 0.231. The Hall–Kier alpha value is -1.25. The zero-order valence-corrected chi connectivity index (χ0v) is 14.1. The number of Topliss-reactive ketones (excluding diaryl/α,β-unsaturated/α-hetero) is 1. The van der Waals surface area contributed by atoms with Crippen LogP contribution < -0.4 is 0 Å². The number of furan rings is 1. The van der Waals surface area contributed by atoms with Crippen molar-refractivity contribution >= 4 is 55.9 Å². The van der Waals surface area contributed by atoms with E-state index in [2.05, 4.69) is 26.1 Å². The molecule has 1 N–H and O–H groups in total. The first-order chi connectivity index (χ1) is 10.1. The van der Waals surface area contributed by atoms with E-state index >= 15 is 0 Å². The van der Waals surface area contributed by atoms with Crippen LogP contribution in [0, 0.1) is 5.41 Å². The average molecular weight is 384 g/mol.